The molecule has 0 rings (SSSR count). The van der Waals surface area contributed by atoms with Gasteiger partial charge < -0.3 is 20.8 Å². The van der Waals surface area contributed by atoms with Gasteiger partial charge in [0.1, 0.15) is 0 Å². The van der Waals surface area contributed by atoms with E-state index in [0.717, 1.165) is 0 Å². The van der Waals surface area contributed by atoms with Crippen LogP contribution in [0.1, 0.15) is 12.8 Å². The SMILES string of the molecule is O=C(CC(O)(CC(=O)NCCl)C(=O)O)NCCl. The van der Waals surface area contributed by atoms with Crippen molar-refractivity contribution in [2.24, 2.45) is 0 Å². The van der Waals surface area contributed by atoms with E-state index in [9.17, 15) is 19.5 Å². The topological polar surface area (TPSA) is 116 Å². The molecule has 0 heterocycles. The van der Waals surface area contributed by atoms with Crippen LogP contribution in [0.2, 0.25) is 0 Å². The second-order valence-electron chi connectivity index (χ2n) is 3.16. The summed E-state index contributed by atoms with van der Waals surface area (Å²) >= 11 is 10.4. The maximum absolute atomic E-state index is 11.1. The van der Waals surface area contributed by atoms with E-state index >= 15 is 0 Å². The molecule has 0 aromatic heterocycles. The number of hydrogen-bond donors (Lipinski definition) is 4. The van der Waals surface area contributed by atoms with E-state index in [4.69, 9.17) is 28.3 Å². The number of halogens is 2. The Morgan fingerprint density at radius 2 is 1.35 bits per heavy atom. The van der Waals surface area contributed by atoms with Gasteiger partial charge in [-0.15, -0.1) is 23.2 Å². The maximum Gasteiger partial charge on any atom is 0.336 e. The number of carbonyl (C=O) groups is 3. The van der Waals surface area contributed by atoms with Crippen LogP contribution in [0.5, 0.6) is 0 Å². The normalized spacial score (nSPS) is 10.8. The third kappa shape index (κ3) is 5.71. The molecular formula is C8H12Cl2N2O5. The predicted octanol–water partition coefficient (Wildman–Crippen LogP) is -0.793. The van der Waals surface area contributed by atoms with Crippen LogP contribution in [0.4, 0.5) is 0 Å². The van der Waals surface area contributed by atoms with Crippen LogP contribution in [0.15, 0.2) is 0 Å². The zero-order valence-electron chi connectivity index (χ0n) is 8.70. The van der Waals surface area contributed by atoms with Crippen molar-refractivity contribution in [2.45, 2.75) is 18.4 Å². The number of rotatable bonds is 7. The van der Waals surface area contributed by atoms with Gasteiger partial charge in [-0.05, 0) is 0 Å². The Kier molecular flexibility index (Phi) is 6.86. The Bertz CT molecular complexity index is 290. The maximum atomic E-state index is 11.1. The fourth-order valence-electron chi connectivity index (χ4n) is 1.02. The highest BCUT2D eigenvalue weighted by atomic mass is 35.5. The van der Waals surface area contributed by atoms with E-state index in [0.29, 0.717) is 0 Å². The third-order valence-electron chi connectivity index (χ3n) is 1.83. The summed E-state index contributed by atoms with van der Waals surface area (Å²) in [7, 11) is 0. The molecular weight excluding hydrogens is 275 g/mol. The highest BCUT2D eigenvalue weighted by Crippen LogP contribution is 2.16. The second-order valence-corrected chi connectivity index (χ2v) is 3.69. The molecule has 0 bridgehead atoms. The molecule has 0 aliphatic carbocycles. The van der Waals surface area contributed by atoms with E-state index in [1.54, 1.807) is 0 Å². The van der Waals surface area contributed by atoms with Crippen molar-refractivity contribution in [3.05, 3.63) is 0 Å². The van der Waals surface area contributed by atoms with Crippen molar-refractivity contribution in [1.29, 1.82) is 0 Å². The van der Waals surface area contributed by atoms with Crippen LogP contribution in [0, 0.1) is 0 Å². The third-order valence-corrected chi connectivity index (χ3v) is 2.10. The van der Waals surface area contributed by atoms with Crippen molar-refractivity contribution in [1.82, 2.24) is 10.6 Å². The van der Waals surface area contributed by atoms with Crippen LogP contribution < -0.4 is 10.6 Å². The fraction of sp³-hybridized carbons (Fsp3) is 0.625. The van der Waals surface area contributed by atoms with E-state index in [2.05, 4.69) is 10.6 Å². The molecule has 9 heteroatoms. The summed E-state index contributed by atoms with van der Waals surface area (Å²) in [5.74, 6) is -3.22. The van der Waals surface area contributed by atoms with Gasteiger partial charge in [0, 0.05) is 0 Å². The number of carboxylic acid groups (broad SMARTS) is 1. The molecule has 0 radical (unpaired) electrons. The summed E-state index contributed by atoms with van der Waals surface area (Å²) in [5, 5.41) is 22.7. The molecule has 0 aliphatic heterocycles. The van der Waals surface area contributed by atoms with Gasteiger partial charge in [-0.1, -0.05) is 0 Å². The summed E-state index contributed by atoms with van der Waals surface area (Å²) in [6.07, 6.45) is -1.55. The number of amides is 2. The van der Waals surface area contributed by atoms with E-state index in [1.165, 1.54) is 0 Å². The highest BCUT2D eigenvalue weighted by molar-refractivity contribution is 6.18. The monoisotopic (exact) mass is 286 g/mol. The molecule has 0 aromatic carbocycles. The lowest BCUT2D eigenvalue weighted by atomic mass is 9.95. The first-order valence-electron chi connectivity index (χ1n) is 4.47. The molecule has 4 N–H and O–H groups in total. The van der Waals surface area contributed by atoms with Crippen molar-refractivity contribution in [3.63, 3.8) is 0 Å². The average Bonchev–Trinajstić information content (AvgIpc) is 2.17. The predicted molar refractivity (Wildman–Crippen MR) is 59.5 cm³/mol. The Morgan fingerprint density at radius 1 is 1.00 bits per heavy atom. The van der Waals surface area contributed by atoms with Crippen molar-refractivity contribution in [2.75, 3.05) is 12.0 Å². The average molecular weight is 287 g/mol. The highest BCUT2D eigenvalue weighted by Gasteiger charge is 2.40. The molecule has 0 saturated carbocycles. The number of hydrogen-bond acceptors (Lipinski definition) is 4. The minimum Gasteiger partial charge on any atom is -0.479 e. The van der Waals surface area contributed by atoms with Gasteiger partial charge in [-0.2, -0.15) is 0 Å². The van der Waals surface area contributed by atoms with Gasteiger partial charge in [0.2, 0.25) is 11.8 Å². The first-order valence-corrected chi connectivity index (χ1v) is 5.53. The number of carboxylic acids is 1. The Morgan fingerprint density at radius 3 is 1.59 bits per heavy atom. The lowest BCUT2D eigenvalue weighted by Crippen LogP contribution is -2.46. The molecule has 0 saturated heterocycles. The van der Waals surface area contributed by atoms with Gasteiger partial charge in [-0.3, -0.25) is 9.59 Å². The van der Waals surface area contributed by atoms with Crippen LogP contribution in [-0.2, 0) is 14.4 Å². The molecule has 0 spiro atoms. The molecule has 0 aromatic rings. The zero-order chi connectivity index (χ0) is 13.5. The molecule has 98 valence electrons. The summed E-state index contributed by atoms with van der Waals surface area (Å²) in [6, 6.07) is -0.440. The van der Waals surface area contributed by atoms with Gasteiger partial charge >= 0.3 is 5.97 Å². The van der Waals surface area contributed by atoms with Crippen LogP contribution in [0.25, 0.3) is 0 Å². The zero-order valence-corrected chi connectivity index (χ0v) is 10.2. The quantitative estimate of drug-likeness (QED) is 0.361. The molecule has 17 heavy (non-hydrogen) atoms. The first kappa shape index (κ1) is 16.0. The molecule has 0 atom stereocenters. The van der Waals surface area contributed by atoms with Crippen molar-refractivity contribution >= 4 is 41.0 Å². The van der Waals surface area contributed by atoms with Gasteiger partial charge in [0.15, 0.2) is 5.60 Å². The van der Waals surface area contributed by atoms with Crippen molar-refractivity contribution in [3.8, 4) is 0 Å². The summed E-state index contributed by atoms with van der Waals surface area (Å²) in [5.41, 5.74) is -2.48. The summed E-state index contributed by atoms with van der Waals surface area (Å²) in [6.45, 7) is 0. The van der Waals surface area contributed by atoms with Gasteiger partial charge in [0.25, 0.3) is 0 Å². The number of nitrogens with one attached hydrogen (secondary N) is 2. The fourth-order valence-corrected chi connectivity index (χ4v) is 1.32. The summed E-state index contributed by atoms with van der Waals surface area (Å²) < 4.78 is 0. The number of alkyl halides is 2. The van der Waals surface area contributed by atoms with Crippen LogP contribution in [-0.4, -0.2) is 45.6 Å². The Labute approximate surface area is 107 Å². The minimum absolute atomic E-state index is 0.220. The second kappa shape index (κ2) is 7.31. The molecule has 0 fully saturated rings. The molecule has 0 unspecified atom stereocenters. The van der Waals surface area contributed by atoms with Gasteiger partial charge in [-0.25, -0.2) is 4.79 Å². The summed E-state index contributed by atoms with van der Waals surface area (Å²) in [4.78, 5) is 33.1. The minimum atomic E-state index is -2.48. The number of carbonyl (C=O) groups excluding carboxylic acids is 2. The number of aliphatic carboxylic acids is 1. The lowest BCUT2D eigenvalue weighted by Gasteiger charge is -2.21. The molecule has 0 aliphatic rings. The lowest BCUT2D eigenvalue weighted by molar-refractivity contribution is -0.164. The molecule has 2 amide bonds. The van der Waals surface area contributed by atoms with Gasteiger partial charge in [0.05, 0.1) is 24.8 Å². The molecule has 7 nitrogen and oxygen atoms in total. The number of aliphatic hydroxyl groups is 1. The first-order chi connectivity index (χ1) is 7.85. The van der Waals surface area contributed by atoms with E-state index < -0.39 is 36.2 Å². The van der Waals surface area contributed by atoms with Crippen molar-refractivity contribution < 1.29 is 24.6 Å². The van der Waals surface area contributed by atoms with E-state index in [1.807, 2.05) is 0 Å². The largest absolute Gasteiger partial charge is 0.479 e. The smallest absolute Gasteiger partial charge is 0.336 e. The van der Waals surface area contributed by atoms with Crippen LogP contribution >= 0.6 is 23.2 Å². The van der Waals surface area contributed by atoms with E-state index in [-0.39, 0.29) is 12.0 Å². The Balaban J connectivity index is 4.62. The Hall–Kier alpha value is -1.05. The standard InChI is InChI=1S/C8H12Cl2N2O5/c9-3-11-5(13)1-8(17,7(15)16)2-6(14)12-4-10/h17H,1-4H2,(H,11,13)(H,12,14)(H,15,16). The van der Waals surface area contributed by atoms with Crippen LogP contribution in [0.3, 0.4) is 0 Å².